The molecule has 0 radical (unpaired) electrons. The molecule has 0 spiro atoms. The zero-order valence-corrected chi connectivity index (χ0v) is 10.0. The Bertz CT molecular complexity index is 396. The number of carboxylic acids is 1. The van der Waals surface area contributed by atoms with Crippen LogP contribution in [0.3, 0.4) is 0 Å². The summed E-state index contributed by atoms with van der Waals surface area (Å²) >= 11 is 0. The fourth-order valence-electron chi connectivity index (χ4n) is 2.35. The van der Waals surface area contributed by atoms with Crippen LogP contribution in [0.4, 0.5) is 0 Å². The molecule has 2 rings (SSSR count). The van der Waals surface area contributed by atoms with E-state index in [9.17, 15) is 4.79 Å². The molecule has 0 amide bonds. The third-order valence-electron chi connectivity index (χ3n) is 3.14. The molecule has 0 atom stereocenters. The molecule has 17 heavy (non-hydrogen) atoms. The van der Waals surface area contributed by atoms with E-state index in [2.05, 4.69) is 15.6 Å². The van der Waals surface area contributed by atoms with Gasteiger partial charge >= 0.3 is 5.97 Å². The smallest absolute Gasteiger partial charge is 0.358 e. The second kappa shape index (κ2) is 5.27. The quantitative estimate of drug-likeness (QED) is 0.813. The predicted octanol–water partition coefficient (Wildman–Crippen LogP) is 0.853. The van der Waals surface area contributed by atoms with Crippen LogP contribution < -0.4 is 5.32 Å². The summed E-state index contributed by atoms with van der Waals surface area (Å²) in [5, 5.41) is 20.2. The molecule has 2 N–H and O–H groups in total. The predicted molar refractivity (Wildman–Crippen MR) is 62.1 cm³/mol. The number of carbonyl (C=O) groups is 1. The van der Waals surface area contributed by atoms with Crippen molar-refractivity contribution in [1.29, 1.82) is 0 Å². The Kier molecular flexibility index (Phi) is 3.73. The molecular weight excluding hydrogens is 220 g/mol. The molecule has 1 saturated heterocycles. The van der Waals surface area contributed by atoms with Crippen molar-refractivity contribution in [2.45, 2.75) is 38.6 Å². The van der Waals surface area contributed by atoms with Gasteiger partial charge in [-0.2, -0.15) is 0 Å². The van der Waals surface area contributed by atoms with E-state index in [4.69, 9.17) is 5.11 Å². The Morgan fingerprint density at radius 1 is 1.53 bits per heavy atom. The van der Waals surface area contributed by atoms with E-state index >= 15 is 0 Å². The lowest BCUT2D eigenvalue weighted by atomic mass is 9.93. The van der Waals surface area contributed by atoms with Crippen molar-refractivity contribution in [3.63, 3.8) is 0 Å². The Balaban J connectivity index is 2.32. The molecule has 1 aromatic rings. The van der Waals surface area contributed by atoms with Crippen molar-refractivity contribution >= 4 is 5.97 Å². The number of aryl methyl sites for hydroxylation is 1. The lowest BCUT2D eigenvalue weighted by Crippen LogP contribution is -2.28. The van der Waals surface area contributed by atoms with Gasteiger partial charge in [0.15, 0.2) is 5.69 Å². The number of hydrogen-bond acceptors (Lipinski definition) is 4. The van der Waals surface area contributed by atoms with Gasteiger partial charge in [0.1, 0.15) is 0 Å². The third kappa shape index (κ3) is 2.46. The summed E-state index contributed by atoms with van der Waals surface area (Å²) in [6.45, 7) is 4.65. The molecular formula is C11H18N4O2. The van der Waals surface area contributed by atoms with Crippen LogP contribution in [0.5, 0.6) is 0 Å². The topological polar surface area (TPSA) is 80.0 Å². The first-order valence-electron chi connectivity index (χ1n) is 6.11. The first-order valence-corrected chi connectivity index (χ1v) is 6.11. The summed E-state index contributed by atoms with van der Waals surface area (Å²) in [5.41, 5.74) is 0.936. The minimum atomic E-state index is -0.971. The number of nitrogens with zero attached hydrogens (tertiary/aromatic N) is 3. The van der Waals surface area contributed by atoms with Crippen molar-refractivity contribution in [1.82, 2.24) is 20.3 Å². The number of nitrogens with one attached hydrogen (secondary N) is 1. The fourth-order valence-corrected chi connectivity index (χ4v) is 2.35. The largest absolute Gasteiger partial charge is 0.476 e. The molecule has 0 aromatic carbocycles. The van der Waals surface area contributed by atoms with Crippen LogP contribution in [0.25, 0.3) is 0 Å². The summed E-state index contributed by atoms with van der Waals surface area (Å²) in [6, 6.07) is 0. The van der Waals surface area contributed by atoms with Gasteiger partial charge in [0.25, 0.3) is 0 Å². The summed E-state index contributed by atoms with van der Waals surface area (Å²) in [4.78, 5) is 11.2. The Morgan fingerprint density at radius 2 is 2.24 bits per heavy atom. The van der Waals surface area contributed by atoms with Gasteiger partial charge in [-0.3, -0.25) is 0 Å². The molecule has 1 aromatic heterocycles. The fraction of sp³-hybridized carbons (Fsp3) is 0.727. The lowest BCUT2D eigenvalue weighted by molar-refractivity contribution is 0.0688. The highest BCUT2D eigenvalue weighted by molar-refractivity contribution is 5.86. The van der Waals surface area contributed by atoms with Crippen LogP contribution in [-0.4, -0.2) is 39.2 Å². The van der Waals surface area contributed by atoms with Crippen LogP contribution in [0, 0.1) is 0 Å². The van der Waals surface area contributed by atoms with Gasteiger partial charge in [-0.25, -0.2) is 9.48 Å². The second-order valence-corrected chi connectivity index (χ2v) is 4.38. The Hall–Kier alpha value is -1.43. The number of aromatic nitrogens is 3. The zero-order valence-electron chi connectivity index (χ0n) is 10.0. The van der Waals surface area contributed by atoms with E-state index in [1.54, 1.807) is 4.68 Å². The zero-order chi connectivity index (χ0) is 12.3. The molecule has 0 saturated carbocycles. The van der Waals surface area contributed by atoms with Crippen molar-refractivity contribution in [3.8, 4) is 0 Å². The van der Waals surface area contributed by atoms with Gasteiger partial charge in [-0.05, 0) is 32.4 Å². The molecule has 2 heterocycles. The SMILES string of the molecule is CCCn1nnc(C(=O)O)c1C1CCNCC1. The Morgan fingerprint density at radius 3 is 2.82 bits per heavy atom. The van der Waals surface area contributed by atoms with Crippen LogP contribution in [-0.2, 0) is 6.54 Å². The van der Waals surface area contributed by atoms with E-state index in [1.807, 2.05) is 6.92 Å². The second-order valence-electron chi connectivity index (χ2n) is 4.38. The Labute approximate surface area is 100 Å². The molecule has 6 nitrogen and oxygen atoms in total. The van der Waals surface area contributed by atoms with Crippen molar-refractivity contribution in [3.05, 3.63) is 11.4 Å². The molecule has 0 unspecified atom stereocenters. The molecule has 6 heteroatoms. The first kappa shape index (κ1) is 12.0. The van der Waals surface area contributed by atoms with Gasteiger partial charge in [0, 0.05) is 12.5 Å². The molecule has 1 aliphatic rings. The maximum Gasteiger partial charge on any atom is 0.358 e. The van der Waals surface area contributed by atoms with Gasteiger partial charge < -0.3 is 10.4 Å². The van der Waals surface area contributed by atoms with Gasteiger partial charge in [0.2, 0.25) is 0 Å². The van der Waals surface area contributed by atoms with Crippen LogP contribution >= 0.6 is 0 Å². The number of piperidine rings is 1. The van der Waals surface area contributed by atoms with Crippen molar-refractivity contribution in [2.75, 3.05) is 13.1 Å². The lowest BCUT2D eigenvalue weighted by Gasteiger charge is -2.23. The minimum Gasteiger partial charge on any atom is -0.476 e. The van der Waals surface area contributed by atoms with E-state index in [-0.39, 0.29) is 11.6 Å². The summed E-state index contributed by atoms with van der Waals surface area (Å²) in [6.07, 6.45) is 2.84. The average Bonchev–Trinajstić information content (AvgIpc) is 2.74. The first-order chi connectivity index (χ1) is 8.24. The number of rotatable bonds is 4. The normalized spacial score (nSPS) is 17.2. The highest BCUT2D eigenvalue weighted by Gasteiger charge is 2.27. The van der Waals surface area contributed by atoms with Crippen molar-refractivity contribution in [2.24, 2.45) is 0 Å². The maximum absolute atomic E-state index is 11.2. The standard InChI is InChI=1S/C11H18N4O2/c1-2-7-15-10(8-3-5-12-6-4-8)9(11(16)17)13-14-15/h8,12H,2-7H2,1H3,(H,16,17). The van der Waals surface area contributed by atoms with Crippen LogP contribution in [0.15, 0.2) is 0 Å². The van der Waals surface area contributed by atoms with Crippen molar-refractivity contribution < 1.29 is 9.90 Å². The summed E-state index contributed by atoms with van der Waals surface area (Å²) in [5.74, 6) is -0.704. The van der Waals surface area contributed by atoms with E-state index in [0.717, 1.165) is 44.6 Å². The number of aromatic carboxylic acids is 1. The van der Waals surface area contributed by atoms with E-state index in [1.165, 1.54) is 0 Å². The number of hydrogen-bond donors (Lipinski definition) is 2. The van der Waals surface area contributed by atoms with Gasteiger partial charge in [-0.1, -0.05) is 12.1 Å². The van der Waals surface area contributed by atoms with E-state index < -0.39 is 5.97 Å². The number of carboxylic acid groups (broad SMARTS) is 1. The molecule has 1 aliphatic heterocycles. The van der Waals surface area contributed by atoms with Gasteiger partial charge in [-0.15, -0.1) is 5.10 Å². The summed E-state index contributed by atoms with van der Waals surface area (Å²) in [7, 11) is 0. The minimum absolute atomic E-state index is 0.130. The summed E-state index contributed by atoms with van der Waals surface area (Å²) < 4.78 is 1.76. The molecule has 0 aliphatic carbocycles. The van der Waals surface area contributed by atoms with Crippen LogP contribution in [0.2, 0.25) is 0 Å². The maximum atomic E-state index is 11.2. The van der Waals surface area contributed by atoms with Gasteiger partial charge in [0.05, 0.1) is 5.69 Å². The van der Waals surface area contributed by atoms with Crippen LogP contribution in [0.1, 0.15) is 48.3 Å². The monoisotopic (exact) mass is 238 g/mol. The highest BCUT2D eigenvalue weighted by atomic mass is 16.4. The molecule has 94 valence electrons. The molecule has 1 fully saturated rings. The average molecular weight is 238 g/mol. The highest BCUT2D eigenvalue weighted by Crippen LogP contribution is 2.27. The molecule has 0 bridgehead atoms. The van der Waals surface area contributed by atoms with E-state index in [0.29, 0.717) is 0 Å². The third-order valence-corrected chi connectivity index (χ3v) is 3.14.